The fraction of sp³-hybridized carbons (Fsp3) is 0.533. The maximum absolute atomic E-state index is 13.3. The van der Waals surface area contributed by atoms with Crippen LogP contribution in [0.2, 0.25) is 0 Å². The summed E-state index contributed by atoms with van der Waals surface area (Å²) in [6, 6.07) is 4.02. The summed E-state index contributed by atoms with van der Waals surface area (Å²) in [6.45, 7) is 2.72. The highest BCUT2D eigenvalue weighted by Gasteiger charge is 2.25. The van der Waals surface area contributed by atoms with E-state index in [0.29, 0.717) is 30.4 Å². The average Bonchev–Trinajstić information content (AvgIpc) is 2.86. The second-order valence-electron chi connectivity index (χ2n) is 5.11. The first-order valence-corrected chi connectivity index (χ1v) is 6.72. The summed E-state index contributed by atoms with van der Waals surface area (Å²) in [5, 5.41) is 0. The van der Waals surface area contributed by atoms with Gasteiger partial charge in [-0.05, 0) is 37.1 Å². The van der Waals surface area contributed by atoms with Crippen molar-refractivity contribution in [2.45, 2.75) is 6.42 Å². The van der Waals surface area contributed by atoms with Gasteiger partial charge in [0.1, 0.15) is 11.6 Å². The van der Waals surface area contributed by atoms with Crippen LogP contribution in [0.4, 0.5) is 4.39 Å². The van der Waals surface area contributed by atoms with Crippen molar-refractivity contribution < 1.29 is 18.7 Å². The molecule has 1 aliphatic heterocycles. The van der Waals surface area contributed by atoms with E-state index in [4.69, 9.17) is 9.47 Å². The van der Waals surface area contributed by atoms with Crippen LogP contribution >= 0.6 is 0 Å². The number of carbonyl (C=O) groups is 1. The molecular formula is C15H20FNO3. The Kier molecular flexibility index (Phi) is 5.09. The molecule has 1 atom stereocenters. The number of Topliss-reactive ketones (excluding diaryl/α,β-unsaturated/α-hetero) is 1. The Morgan fingerprint density at radius 2 is 2.25 bits per heavy atom. The first kappa shape index (κ1) is 14.9. The van der Waals surface area contributed by atoms with Gasteiger partial charge in [0.25, 0.3) is 0 Å². The molecule has 1 aromatic rings. The fourth-order valence-electron chi connectivity index (χ4n) is 2.61. The molecule has 0 radical (unpaired) electrons. The van der Waals surface area contributed by atoms with Gasteiger partial charge in [-0.1, -0.05) is 0 Å². The molecule has 1 saturated heterocycles. The maximum Gasteiger partial charge on any atom is 0.180 e. The molecule has 1 aromatic carbocycles. The summed E-state index contributed by atoms with van der Waals surface area (Å²) in [6.07, 6.45) is 1.03. The predicted molar refractivity (Wildman–Crippen MR) is 73.7 cm³/mol. The molecule has 1 fully saturated rings. The number of hydrogen-bond acceptors (Lipinski definition) is 4. The Morgan fingerprint density at radius 3 is 2.95 bits per heavy atom. The van der Waals surface area contributed by atoms with Crippen molar-refractivity contribution in [2.24, 2.45) is 5.92 Å². The number of rotatable bonds is 6. The number of ether oxygens (including phenoxy) is 2. The molecule has 0 saturated carbocycles. The summed E-state index contributed by atoms with van der Waals surface area (Å²) < 4.78 is 23.5. The second-order valence-corrected chi connectivity index (χ2v) is 5.11. The van der Waals surface area contributed by atoms with Crippen LogP contribution in [0.15, 0.2) is 18.2 Å². The highest BCUT2D eigenvalue weighted by Crippen LogP contribution is 2.22. The van der Waals surface area contributed by atoms with Gasteiger partial charge in [0.05, 0.1) is 25.8 Å². The van der Waals surface area contributed by atoms with Gasteiger partial charge in [-0.25, -0.2) is 4.39 Å². The van der Waals surface area contributed by atoms with Crippen LogP contribution in [0.1, 0.15) is 16.8 Å². The van der Waals surface area contributed by atoms with E-state index < -0.39 is 5.82 Å². The van der Waals surface area contributed by atoms with Gasteiger partial charge in [-0.2, -0.15) is 0 Å². The van der Waals surface area contributed by atoms with Gasteiger partial charge in [-0.15, -0.1) is 0 Å². The molecule has 1 unspecified atom stereocenters. The summed E-state index contributed by atoms with van der Waals surface area (Å²) in [4.78, 5) is 14.4. The lowest BCUT2D eigenvalue weighted by atomic mass is 10.1. The molecule has 1 heterocycles. The third kappa shape index (κ3) is 3.55. The van der Waals surface area contributed by atoms with Gasteiger partial charge in [0.15, 0.2) is 5.78 Å². The first-order chi connectivity index (χ1) is 9.63. The number of likely N-dealkylation sites (tertiary alicyclic amines) is 1. The minimum absolute atomic E-state index is 0.112. The quantitative estimate of drug-likeness (QED) is 0.747. The lowest BCUT2D eigenvalue weighted by Crippen LogP contribution is -2.28. The lowest BCUT2D eigenvalue weighted by Gasteiger charge is -2.16. The summed E-state index contributed by atoms with van der Waals surface area (Å²) in [5.74, 6) is 0.360. The van der Waals surface area contributed by atoms with Crippen molar-refractivity contribution in [2.75, 3.05) is 40.5 Å². The third-order valence-electron chi connectivity index (χ3n) is 3.60. The van der Waals surface area contributed by atoms with Crippen molar-refractivity contribution in [1.29, 1.82) is 0 Å². The molecule has 5 heteroatoms. The van der Waals surface area contributed by atoms with Gasteiger partial charge in [-0.3, -0.25) is 9.69 Å². The van der Waals surface area contributed by atoms with E-state index in [1.807, 2.05) is 0 Å². The van der Waals surface area contributed by atoms with Crippen LogP contribution in [0.3, 0.4) is 0 Å². The van der Waals surface area contributed by atoms with Gasteiger partial charge < -0.3 is 9.47 Å². The van der Waals surface area contributed by atoms with Crippen LogP contribution in [0.25, 0.3) is 0 Å². The van der Waals surface area contributed by atoms with Crippen molar-refractivity contribution in [3.8, 4) is 5.75 Å². The van der Waals surface area contributed by atoms with Crippen LogP contribution < -0.4 is 4.74 Å². The molecule has 20 heavy (non-hydrogen) atoms. The number of nitrogens with zero attached hydrogens (tertiary/aromatic N) is 1. The highest BCUT2D eigenvalue weighted by atomic mass is 19.1. The van der Waals surface area contributed by atoms with E-state index in [2.05, 4.69) is 4.90 Å². The number of ketones is 1. The topological polar surface area (TPSA) is 38.8 Å². The van der Waals surface area contributed by atoms with Crippen molar-refractivity contribution in [3.05, 3.63) is 29.6 Å². The average molecular weight is 281 g/mol. The van der Waals surface area contributed by atoms with Crippen molar-refractivity contribution in [3.63, 3.8) is 0 Å². The molecule has 2 rings (SSSR count). The van der Waals surface area contributed by atoms with E-state index >= 15 is 0 Å². The Balaban J connectivity index is 2.00. The molecule has 0 bridgehead atoms. The number of benzene rings is 1. The smallest absolute Gasteiger partial charge is 0.180 e. The van der Waals surface area contributed by atoms with Crippen LogP contribution in [0, 0.1) is 11.7 Å². The summed E-state index contributed by atoms with van der Waals surface area (Å²) in [5.41, 5.74) is 0.308. The third-order valence-corrected chi connectivity index (χ3v) is 3.60. The number of methoxy groups -OCH3 is 2. The van der Waals surface area contributed by atoms with Crippen molar-refractivity contribution in [1.82, 2.24) is 4.90 Å². The Bertz CT molecular complexity index is 478. The minimum Gasteiger partial charge on any atom is -0.496 e. The number of halogens is 1. The van der Waals surface area contributed by atoms with Gasteiger partial charge in [0, 0.05) is 13.7 Å². The number of carbonyl (C=O) groups excluding carboxylic acids is 1. The first-order valence-electron chi connectivity index (χ1n) is 6.72. The van der Waals surface area contributed by atoms with Crippen LogP contribution in [-0.4, -0.2) is 51.1 Å². The molecular weight excluding hydrogens is 261 g/mol. The summed E-state index contributed by atoms with van der Waals surface area (Å²) >= 11 is 0. The van der Waals surface area contributed by atoms with E-state index in [1.54, 1.807) is 7.11 Å². The van der Waals surface area contributed by atoms with E-state index in [1.165, 1.54) is 25.3 Å². The second kappa shape index (κ2) is 6.81. The zero-order valence-electron chi connectivity index (χ0n) is 11.9. The molecule has 4 nitrogen and oxygen atoms in total. The standard InChI is InChI=1S/C15H20FNO3/c1-19-10-11-5-6-17(8-11)9-14(18)13-7-12(16)3-4-15(13)20-2/h3-4,7,11H,5-6,8-10H2,1-2H3. The largest absolute Gasteiger partial charge is 0.496 e. The molecule has 0 aliphatic carbocycles. The van der Waals surface area contributed by atoms with Crippen molar-refractivity contribution >= 4 is 5.78 Å². The molecule has 110 valence electrons. The van der Waals surface area contributed by atoms with Gasteiger partial charge >= 0.3 is 0 Å². The SMILES string of the molecule is COCC1CCN(CC(=O)c2cc(F)ccc2OC)C1. The van der Waals surface area contributed by atoms with Crippen LogP contribution in [0.5, 0.6) is 5.75 Å². The number of hydrogen-bond donors (Lipinski definition) is 0. The summed E-state index contributed by atoms with van der Waals surface area (Å²) in [7, 11) is 3.17. The highest BCUT2D eigenvalue weighted by molar-refractivity contribution is 6.00. The monoisotopic (exact) mass is 281 g/mol. The fourth-order valence-corrected chi connectivity index (χ4v) is 2.61. The minimum atomic E-state index is -0.423. The Labute approximate surface area is 118 Å². The predicted octanol–water partition coefficient (Wildman–Crippen LogP) is 1.99. The van der Waals surface area contributed by atoms with Crippen LogP contribution in [-0.2, 0) is 4.74 Å². The van der Waals surface area contributed by atoms with E-state index in [0.717, 1.165) is 19.5 Å². The maximum atomic E-state index is 13.3. The van der Waals surface area contributed by atoms with E-state index in [-0.39, 0.29) is 5.78 Å². The lowest BCUT2D eigenvalue weighted by molar-refractivity contribution is 0.0933. The van der Waals surface area contributed by atoms with Gasteiger partial charge in [0.2, 0.25) is 0 Å². The van der Waals surface area contributed by atoms with E-state index in [9.17, 15) is 9.18 Å². The zero-order valence-corrected chi connectivity index (χ0v) is 11.9. The Morgan fingerprint density at radius 1 is 1.45 bits per heavy atom. The Hall–Kier alpha value is -1.46. The molecule has 1 aliphatic rings. The zero-order chi connectivity index (χ0) is 14.5. The normalized spacial score (nSPS) is 19.2. The molecule has 0 aromatic heterocycles. The molecule has 0 amide bonds. The molecule has 0 N–H and O–H groups in total. The molecule has 0 spiro atoms.